The smallest absolute Gasteiger partial charge is 0.269 e. The highest BCUT2D eigenvalue weighted by molar-refractivity contribution is 6.31. The van der Waals surface area contributed by atoms with Crippen LogP contribution >= 0.6 is 11.6 Å². The number of nitrogens with zero attached hydrogens (tertiary/aromatic N) is 2. The Morgan fingerprint density at radius 1 is 1.41 bits per heavy atom. The number of amides is 1. The Kier molecular flexibility index (Phi) is 4.76. The SMILES string of the molecule is CC(O)(CNC(=O)c1ccc(C#N)cn1)c1ccccc1Cl. The molecule has 0 radical (unpaired) electrons. The number of carbonyl (C=O) groups is 1. The van der Waals surface area contributed by atoms with Crippen LogP contribution in [-0.2, 0) is 5.60 Å². The van der Waals surface area contributed by atoms with E-state index in [-0.39, 0.29) is 12.2 Å². The number of hydrogen-bond acceptors (Lipinski definition) is 4. The zero-order chi connectivity index (χ0) is 16.2. The summed E-state index contributed by atoms with van der Waals surface area (Å²) in [5.41, 5.74) is -0.223. The van der Waals surface area contributed by atoms with Crippen molar-refractivity contribution < 1.29 is 9.90 Å². The Morgan fingerprint density at radius 2 is 2.14 bits per heavy atom. The van der Waals surface area contributed by atoms with Gasteiger partial charge in [-0.2, -0.15) is 5.26 Å². The number of benzene rings is 1. The molecule has 0 bridgehead atoms. The molecule has 0 saturated heterocycles. The van der Waals surface area contributed by atoms with Crippen LogP contribution in [0.15, 0.2) is 42.6 Å². The van der Waals surface area contributed by atoms with E-state index in [1.54, 1.807) is 31.2 Å². The fourth-order valence-electron chi connectivity index (χ4n) is 1.93. The van der Waals surface area contributed by atoms with Gasteiger partial charge < -0.3 is 10.4 Å². The maximum atomic E-state index is 12.0. The third kappa shape index (κ3) is 3.61. The normalized spacial score (nSPS) is 13.0. The minimum atomic E-state index is -1.30. The van der Waals surface area contributed by atoms with Crippen LogP contribution in [0.2, 0.25) is 5.02 Å². The first-order chi connectivity index (χ1) is 10.4. The molecule has 1 unspecified atom stereocenters. The molecule has 112 valence electrons. The first-order valence-electron chi connectivity index (χ1n) is 6.56. The van der Waals surface area contributed by atoms with Crippen LogP contribution in [0.4, 0.5) is 0 Å². The van der Waals surface area contributed by atoms with Crippen molar-refractivity contribution in [3.8, 4) is 6.07 Å². The molecule has 6 heteroatoms. The highest BCUT2D eigenvalue weighted by Crippen LogP contribution is 2.27. The van der Waals surface area contributed by atoms with E-state index in [9.17, 15) is 9.90 Å². The monoisotopic (exact) mass is 315 g/mol. The Hall–Kier alpha value is -2.42. The Labute approximate surface area is 133 Å². The van der Waals surface area contributed by atoms with Crippen molar-refractivity contribution >= 4 is 17.5 Å². The molecular formula is C16H14ClN3O2. The van der Waals surface area contributed by atoms with Crippen molar-refractivity contribution in [3.63, 3.8) is 0 Å². The highest BCUT2D eigenvalue weighted by Gasteiger charge is 2.26. The van der Waals surface area contributed by atoms with Crippen molar-refractivity contribution in [1.29, 1.82) is 5.26 Å². The fraction of sp³-hybridized carbons (Fsp3) is 0.188. The Bertz CT molecular complexity index is 721. The van der Waals surface area contributed by atoms with Gasteiger partial charge in [0.05, 0.1) is 12.1 Å². The van der Waals surface area contributed by atoms with Gasteiger partial charge in [0.1, 0.15) is 17.4 Å². The Morgan fingerprint density at radius 3 is 2.73 bits per heavy atom. The number of aliphatic hydroxyl groups is 1. The summed E-state index contributed by atoms with van der Waals surface area (Å²) in [6, 6.07) is 11.8. The van der Waals surface area contributed by atoms with E-state index < -0.39 is 11.5 Å². The second-order valence-corrected chi connectivity index (χ2v) is 5.39. The maximum absolute atomic E-state index is 12.0. The number of aromatic nitrogens is 1. The van der Waals surface area contributed by atoms with Crippen LogP contribution in [0.1, 0.15) is 28.5 Å². The number of halogens is 1. The van der Waals surface area contributed by atoms with E-state index in [0.717, 1.165) is 0 Å². The average molecular weight is 316 g/mol. The molecule has 1 amide bonds. The second kappa shape index (κ2) is 6.56. The molecule has 2 rings (SSSR count). The predicted octanol–water partition coefficient (Wildman–Crippen LogP) is 2.24. The number of pyridine rings is 1. The van der Waals surface area contributed by atoms with Gasteiger partial charge in [0, 0.05) is 16.8 Å². The van der Waals surface area contributed by atoms with Gasteiger partial charge in [-0.1, -0.05) is 29.8 Å². The van der Waals surface area contributed by atoms with Crippen LogP contribution in [0.25, 0.3) is 0 Å². The zero-order valence-electron chi connectivity index (χ0n) is 11.9. The first-order valence-corrected chi connectivity index (χ1v) is 6.93. The van der Waals surface area contributed by atoms with Crippen molar-refractivity contribution in [1.82, 2.24) is 10.3 Å². The fourth-order valence-corrected chi connectivity index (χ4v) is 2.27. The van der Waals surface area contributed by atoms with Gasteiger partial charge in [-0.25, -0.2) is 4.98 Å². The van der Waals surface area contributed by atoms with E-state index in [1.807, 2.05) is 6.07 Å². The van der Waals surface area contributed by atoms with Gasteiger partial charge >= 0.3 is 0 Å². The first kappa shape index (κ1) is 16.0. The van der Waals surface area contributed by atoms with Gasteiger partial charge in [0.2, 0.25) is 0 Å². The van der Waals surface area contributed by atoms with Crippen LogP contribution in [0.5, 0.6) is 0 Å². The van der Waals surface area contributed by atoms with E-state index in [1.165, 1.54) is 18.3 Å². The highest BCUT2D eigenvalue weighted by atomic mass is 35.5. The molecule has 0 aliphatic rings. The van der Waals surface area contributed by atoms with Gasteiger partial charge in [0.25, 0.3) is 5.91 Å². The van der Waals surface area contributed by atoms with Crippen LogP contribution in [-0.4, -0.2) is 22.5 Å². The van der Waals surface area contributed by atoms with Crippen LogP contribution in [0, 0.1) is 11.3 Å². The van der Waals surface area contributed by atoms with E-state index in [2.05, 4.69) is 10.3 Å². The molecule has 1 aromatic carbocycles. The number of nitriles is 1. The maximum Gasteiger partial charge on any atom is 0.269 e. The summed E-state index contributed by atoms with van der Waals surface area (Å²) in [7, 11) is 0. The Balaban J connectivity index is 2.06. The molecule has 1 aromatic heterocycles. The topological polar surface area (TPSA) is 86.0 Å². The number of carbonyl (C=O) groups excluding carboxylic acids is 1. The molecule has 1 heterocycles. The zero-order valence-corrected chi connectivity index (χ0v) is 12.6. The van der Waals surface area contributed by atoms with Crippen molar-refractivity contribution in [2.24, 2.45) is 0 Å². The summed E-state index contributed by atoms with van der Waals surface area (Å²) in [5, 5.41) is 22.2. The van der Waals surface area contributed by atoms with Crippen molar-refractivity contribution in [3.05, 3.63) is 64.4 Å². The summed E-state index contributed by atoms with van der Waals surface area (Å²) in [5.74, 6) is -0.434. The van der Waals surface area contributed by atoms with E-state index in [4.69, 9.17) is 16.9 Å². The molecule has 0 spiro atoms. The van der Waals surface area contributed by atoms with E-state index in [0.29, 0.717) is 16.1 Å². The second-order valence-electron chi connectivity index (χ2n) is 4.98. The van der Waals surface area contributed by atoms with Crippen LogP contribution in [0.3, 0.4) is 0 Å². The molecule has 22 heavy (non-hydrogen) atoms. The summed E-state index contributed by atoms with van der Waals surface area (Å²) >= 11 is 6.06. The lowest BCUT2D eigenvalue weighted by molar-refractivity contribution is 0.0526. The average Bonchev–Trinajstić information content (AvgIpc) is 2.53. The summed E-state index contributed by atoms with van der Waals surface area (Å²) < 4.78 is 0. The lowest BCUT2D eigenvalue weighted by Gasteiger charge is -2.25. The molecule has 0 aliphatic heterocycles. The molecule has 1 atom stereocenters. The molecular weight excluding hydrogens is 302 g/mol. The predicted molar refractivity (Wildman–Crippen MR) is 82.3 cm³/mol. The standard InChI is InChI=1S/C16H14ClN3O2/c1-16(22,12-4-2-3-5-13(12)17)10-20-15(21)14-7-6-11(8-18)9-19-14/h2-7,9,22H,10H2,1H3,(H,20,21). The minimum Gasteiger partial charge on any atom is -0.384 e. The summed E-state index contributed by atoms with van der Waals surface area (Å²) in [6.07, 6.45) is 1.32. The third-order valence-electron chi connectivity index (χ3n) is 3.17. The molecule has 0 aliphatic carbocycles. The van der Waals surface area contributed by atoms with Gasteiger partial charge in [0.15, 0.2) is 0 Å². The quantitative estimate of drug-likeness (QED) is 0.906. The van der Waals surface area contributed by atoms with Crippen molar-refractivity contribution in [2.45, 2.75) is 12.5 Å². The van der Waals surface area contributed by atoms with Gasteiger partial charge in [-0.3, -0.25) is 4.79 Å². The number of hydrogen-bond donors (Lipinski definition) is 2. The molecule has 2 N–H and O–H groups in total. The minimum absolute atomic E-state index is 0.0166. The summed E-state index contributed by atoms with van der Waals surface area (Å²) in [4.78, 5) is 15.9. The lowest BCUT2D eigenvalue weighted by atomic mass is 9.96. The van der Waals surface area contributed by atoms with Gasteiger partial charge in [-0.15, -0.1) is 0 Å². The molecule has 2 aromatic rings. The summed E-state index contributed by atoms with van der Waals surface area (Å²) in [6.45, 7) is 1.55. The molecule has 5 nitrogen and oxygen atoms in total. The number of nitrogens with one attached hydrogen (secondary N) is 1. The largest absolute Gasteiger partial charge is 0.384 e. The third-order valence-corrected chi connectivity index (χ3v) is 3.50. The molecule has 0 saturated carbocycles. The van der Waals surface area contributed by atoms with Crippen molar-refractivity contribution in [2.75, 3.05) is 6.54 Å². The van der Waals surface area contributed by atoms with E-state index >= 15 is 0 Å². The molecule has 0 fully saturated rings. The lowest BCUT2D eigenvalue weighted by Crippen LogP contribution is -2.39. The van der Waals surface area contributed by atoms with Gasteiger partial charge in [-0.05, 0) is 25.1 Å². The van der Waals surface area contributed by atoms with Crippen LogP contribution < -0.4 is 5.32 Å². The number of rotatable bonds is 4.